The van der Waals surface area contributed by atoms with Crippen LogP contribution in [0.25, 0.3) is 5.69 Å². The summed E-state index contributed by atoms with van der Waals surface area (Å²) in [4.78, 5) is 23.9. The van der Waals surface area contributed by atoms with E-state index >= 15 is 0 Å². The summed E-state index contributed by atoms with van der Waals surface area (Å²) in [7, 11) is 0. The number of halogens is 6. The molecule has 0 fully saturated rings. The number of imide groups is 1. The Hall–Kier alpha value is -3.11. The second-order valence-corrected chi connectivity index (χ2v) is 5.18. The van der Waals surface area contributed by atoms with Gasteiger partial charge in [0.25, 0.3) is 11.8 Å². The fourth-order valence-corrected chi connectivity index (χ4v) is 2.32. The molecule has 0 aliphatic carbocycles. The van der Waals surface area contributed by atoms with Crippen LogP contribution < -0.4 is 4.90 Å². The maximum Gasteiger partial charge on any atom is 0.435 e. The lowest BCUT2D eigenvalue weighted by Crippen LogP contribution is -2.29. The smallest absolute Gasteiger partial charge is 0.269 e. The Morgan fingerprint density at radius 1 is 0.769 bits per heavy atom. The molecule has 1 aromatic heterocycles. The third kappa shape index (κ3) is 3.07. The standard InChI is InChI=1S/C15H7F6N3O2/c16-14(17,18)10-7-11(15(19,20)21)24(22-10)9-3-1-8(2-4-9)23-12(25)5-6-13(23)26/h1-7H. The van der Waals surface area contributed by atoms with Crippen molar-refractivity contribution < 1.29 is 35.9 Å². The van der Waals surface area contributed by atoms with Crippen LogP contribution in [0.15, 0.2) is 42.5 Å². The van der Waals surface area contributed by atoms with Crippen LogP contribution in [-0.2, 0) is 21.9 Å². The van der Waals surface area contributed by atoms with Crippen LogP contribution in [0, 0.1) is 0 Å². The first kappa shape index (κ1) is 17.7. The van der Waals surface area contributed by atoms with E-state index in [0.717, 1.165) is 41.3 Å². The van der Waals surface area contributed by atoms with Gasteiger partial charge in [-0.1, -0.05) is 0 Å². The van der Waals surface area contributed by atoms with Crippen molar-refractivity contribution >= 4 is 17.5 Å². The van der Waals surface area contributed by atoms with Gasteiger partial charge in [-0.05, 0) is 24.3 Å². The topological polar surface area (TPSA) is 55.2 Å². The normalized spacial score (nSPS) is 15.2. The zero-order chi connectivity index (χ0) is 19.3. The van der Waals surface area contributed by atoms with E-state index in [9.17, 15) is 35.9 Å². The number of benzene rings is 1. The maximum absolute atomic E-state index is 13.0. The zero-order valence-electron chi connectivity index (χ0n) is 12.5. The molecule has 0 unspecified atom stereocenters. The lowest BCUT2D eigenvalue weighted by Gasteiger charge is -2.15. The van der Waals surface area contributed by atoms with Crippen molar-refractivity contribution in [3.8, 4) is 5.69 Å². The molecule has 0 atom stereocenters. The van der Waals surface area contributed by atoms with Gasteiger partial charge in [0.2, 0.25) is 0 Å². The van der Waals surface area contributed by atoms with Gasteiger partial charge in [0.05, 0.1) is 11.4 Å². The Bertz CT molecular complexity index is 891. The Balaban J connectivity index is 2.03. The van der Waals surface area contributed by atoms with E-state index in [0.29, 0.717) is 0 Å². The predicted octanol–water partition coefficient (Wildman–Crippen LogP) is 3.34. The highest BCUT2D eigenvalue weighted by molar-refractivity contribution is 6.28. The molecule has 3 rings (SSSR count). The van der Waals surface area contributed by atoms with E-state index in [2.05, 4.69) is 5.10 Å². The van der Waals surface area contributed by atoms with E-state index in [1.165, 1.54) is 0 Å². The maximum atomic E-state index is 13.0. The monoisotopic (exact) mass is 375 g/mol. The van der Waals surface area contributed by atoms with Gasteiger partial charge in [-0.15, -0.1) is 0 Å². The summed E-state index contributed by atoms with van der Waals surface area (Å²) in [5, 5.41) is 2.99. The molecule has 26 heavy (non-hydrogen) atoms. The largest absolute Gasteiger partial charge is 0.435 e. The molecular formula is C15H7F6N3O2. The van der Waals surface area contributed by atoms with E-state index in [-0.39, 0.29) is 22.1 Å². The molecule has 0 saturated carbocycles. The molecule has 2 amide bonds. The summed E-state index contributed by atoms with van der Waals surface area (Å²) in [6.45, 7) is 0. The van der Waals surface area contributed by atoms with Crippen LogP contribution in [0.5, 0.6) is 0 Å². The van der Waals surface area contributed by atoms with Gasteiger partial charge in [0.15, 0.2) is 5.69 Å². The third-order valence-corrected chi connectivity index (χ3v) is 3.45. The minimum atomic E-state index is -5.07. The minimum Gasteiger partial charge on any atom is -0.269 e. The summed E-state index contributed by atoms with van der Waals surface area (Å²) in [6.07, 6.45) is -8.09. The molecule has 5 nitrogen and oxygen atoms in total. The van der Waals surface area contributed by atoms with E-state index in [1.807, 2.05) is 0 Å². The second kappa shape index (κ2) is 5.71. The van der Waals surface area contributed by atoms with E-state index in [1.54, 1.807) is 0 Å². The van der Waals surface area contributed by atoms with Crippen molar-refractivity contribution in [2.45, 2.75) is 12.4 Å². The highest BCUT2D eigenvalue weighted by Crippen LogP contribution is 2.36. The van der Waals surface area contributed by atoms with Crippen LogP contribution in [-0.4, -0.2) is 21.6 Å². The fourth-order valence-electron chi connectivity index (χ4n) is 2.32. The van der Waals surface area contributed by atoms with Gasteiger partial charge >= 0.3 is 12.4 Å². The number of alkyl halides is 6. The molecule has 2 aromatic rings. The number of amides is 2. The first-order valence-corrected chi connectivity index (χ1v) is 6.89. The molecule has 0 N–H and O–H groups in total. The van der Waals surface area contributed by atoms with E-state index < -0.39 is 35.6 Å². The van der Waals surface area contributed by atoms with Crippen molar-refractivity contribution in [1.82, 2.24) is 9.78 Å². The Morgan fingerprint density at radius 3 is 1.73 bits per heavy atom. The van der Waals surface area contributed by atoms with Crippen molar-refractivity contribution in [3.63, 3.8) is 0 Å². The quantitative estimate of drug-likeness (QED) is 0.598. The fraction of sp³-hybridized carbons (Fsp3) is 0.133. The zero-order valence-corrected chi connectivity index (χ0v) is 12.5. The molecule has 0 saturated heterocycles. The third-order valence-electron chi connectivity index (χ3n) is 3.45. The average Bonchev–Trinajstić information content (AvgIpc) is 3.11. The van der Waals surface area contributed by atoms with E-state index in [4.69, 9.17) is 0 Å². The number of hydrogen-bond donors (Lipinski definition) is 0. The van der Waals surface area contributed by atoms with Crippen molar-refractivity contribution in [3.05, 3.63) is 53.9 Å². The number of rotatable bonds is 2. The molecule has 0 bridgehead atoms. The number of hydrogen-bond acceptors (Lipinski definition) is 3. The summed E-state index contributed by atoms with van der Waals surface area (Å²) in [5.41, 5.74) is -3.55. The Kier molecular flexibility index (Phi) is 3.89. The number of carbonyl (C=O) groups excluding carboxylic acids is 2. The SMILES string of the molecule is O=C1C=CC(=O)N1c1ccc(-n2nc(C(F)(F)F)cc2C(F)(F)F)cc1. The molecule has 11 heteroatoms. The molecule has 0 spiro atoms. The molecule has 1 aliphatic rings. The van der Waals surface area contributed by atoms with Gasteiger partial charge < -0.3 is 0 Å². The van der Waals surface area contributed by atoms with Crippen molar-refractivity contribution in [2.24, 2.45) is 0 Å². The first-order valence-electron chi connectivity index (χ1n) is 6.89. The van der Waals surface area contributed by atoms with Gasteiger partial charge in [0, 0.05) is 18.2 Å². The van der Waals surface area contributed by atoms with Gasteiger partial charge in [0.1, 0.15) is 5.69 Å². The Morgan fingerprint density at radius 2 is 1.27 bits per heavy atom. The second-order valence-electron chi connectivity index (χ2n) is 5.18. The van der Waals surface area contributed by atoms with Crippen LogP contribution in [0.2, 0.25) is 0 Å². The highest BCUT2D eigenvalue weighted by atomic mass is 19.4. The lowest BCUT2D eigenvalue weighted by molar-refractivity contribution is -0.143. The molecular weight excluding hydrogens is 368 g/mol. The predicted molar refractivity (Wildman–Crippen MR) is 75.2 cm³/mol. The molecule has 2 heterocycles. The van der Waals surface area contributed by atoms with Crippen molar-refractivity contribution in [2.75, 3.05) is 4.90 Å². The van der Waals surface area contributed by atoms with Crippen LogP contribution >= 0.6 is 0 Å². The van der Waals surface area contributed by atoms with Gasteiger partial charge in [-0.3, -0.25) is 9.59 Å². The minimum absolute atomic E-state index is 0.0607. The number of carbonyl (C=O) groups is 2. The number of aromatic nitrogens is 2. The van der Waals surface area contributed by atoms with Gasteiger partial charge in [-0.2, -0.15) is 31.4 Å². The first-order chi connectivity index (χ1) is 12.0. The molecule has 136 valence electrons. The van der Waals surface area contributed by atoms with Crippen LogP contribution in [0.1, 0.15) is 11.4 Å². The van der Waals surface area contributed by atoms with Crippen LogP contribution in [0.4, 0.5) is 32.0 Å². The average molecular weight is 375 g/mol. The lowest BCUT2D eigenvalue weighted by atomic mass is 10.2. The Labute approximate surface area is 141 Å². The van der Waals surface area contributed by atoms with Crippen molar-refractivity contribution in [1.29, 1.82) is 0 Å². The molecule has 0 radical (unpaired) electrons. The summed E-state index contributed by atoms with van der Waals surface area (Å²) in [5.74, 6) is -1.28. The van der Waals surface area contributed by atoms with Crippen LogP contribution in [0.3, 0.4) is 0 Å². The highest BCUT2D eigenvalue weighted by Gasteiger charge is 2.42. The van der Waals surface area contributed by atoms with Gasteiger partial charge in [-0.25, -0.2) is 9.58 Å². The molecule has 1 aromatic carbocycles. The summed E-state index contributed by atoms with van der Waals surface area (Å²) < 4.78 is 77.3. The molecule has 1 aliphatic heterocycles. The number of anilines is 1. The summed E-state index contributed by atoms with van der Waals surface area (Å²) in [6, 6.07) is 4.22. The summed E-state index contributed by atoms with van der Waals surface area (Å²) >= 11 is 0. The number of nitrogens with zero attached hydrogens (tertiary/aromatic N) is 3.